The molecule has 0 fully saturated rings. The Hall–Kier alpha value is -3.00. The van der Waals surface area contributed by atoms with E-state index in [2.05, 4.69) is 108 Å². The first-order chi connectivity index (χ1) is 11.7. The third-order valence-corrected chi connectivity index (χ3v) is 4.58. The molecular weight excluding hydrogens is 292 g/mol. The normalized spacial score (nSPS) is 10.9. The molecule has 0 aliphatic carbocycles. The first-order valence-corrected chi connectivity index (χ1v) is 8.16. The number of aromatic nitrogens is 2. The van der Waals surface area contributed by atoms with Crippen molar-refractivity contribution < 1.29 is 0 Å². The molecule has 0 N–H and O–H groups in total. The highest BCUT2D eigenvalue weighted by atomic mass is 14.9. The Kier molecular flexibility index (Phi) is 3.58. The number of hydrogen-bond acceptors (Lipinski definition) is 0. The van der Waals surface area contributed by atoms with Crippen LogP contribution in [0, 0.1) is 0 Å². The molecule has 118 valence electrons. The molecule has 0 unspecified atom stereocenters. The lowest BCUT2D eigenvalue weighted by molar-refractivity contribution is 0.937. The fraction of sp³-hybridized carbons (Fsp3) is 0.0909. The quantitative estimate of drug-likeness (QED) is 0.481. The lowest BCUT2D eigenvalue weighted by Crippen LogP contribution is -1.90. The number of rotatable bonds is 3. The highest BCUT2D eigenvalue weighted by Crippen LogP contribution is 2.27. The second kappa shape index (κ2) is 5.89. The van der Waals surface area contributed by atoms with Gasteiger partial charge in [0.1, 0.15) is 0 Å². The Morgan fingerprint density at radius 2 is 0.792 bits per heavy atom. The molecule has 2 heterocycles. The monoisotopic (exact) mass is 312 g/mol. The molecule has 0 amide bonds. The minimum atomic E-state index is 1.24. The number of aryl methyl sites for hydroxylation is 2. The van der Waals surface area contributed by atoms with Crippen LogP contribution in [-0.2, 0) is 14.1 Å². The highest BCUT2D eigenvalue weighted by molar-refractivity contribution is 5.72. The maximum Gasteiger partial charge on any atom is 0.0477 e. The van der Waals surface area contributed by atoms with Gasteiger partial charge in [-0.25, -0.2) is 0 Å². The van der Waals surface area contributed by atoms with Gasteiger partial charge < -0.3 is 9.13 Å². The van der Waals surface area contributed by atoms with Crippen LogP contribution >= 0.6 is 0 Å². The number of benzene rings is 2. The van der Waals surface area contributed by atoms with Gasteiger partial charge in [-0.1, -0.05) is 48.5 Å². The van der Waals surface area contributed by atoms with Crippen molar-refractivity contribution in [3.05, 3.63) is 85.2 Å². The van der Waals surface area contributed by atoms with Crippen LogP contribution in [0.2, 0.25) is 0 Å². The van der Waals surface area contributed by atoms with Gasteiger partial charge in [-0.2, -0.15) is 0 Å². The molecule has 0 spiro atoms. The summed E-state index contributed by atoms with van der Waals surface area (Å²) in [6.45, 7) is 0. The fourth-order valence-corrected chi connectivity index (χ4v) is 3.19. The molecule has 2 heteroatoms. The highest BCUT2D eigenvalue weighted by Gasteiger charge is 2.04. The van der Waals surface area contributed by atoms with Crippen molar-refractivity contribution in [3.63, 3.8) is 0 Å². The van der Waals surface area contributed by atoms with E-state index in [-0.39, 0.29) is 0 Å². The summed E-state index contributed by atoms with van der Waals surface area (Å²) >= 11 is 0. The van der Waals surface area contributed by atoms with Crippen molar-refractivity contribution in [3.8, 4) is 33.6 Å². The topological polar surface area (TPSA) is 9.86 Å². The summed E-state index contributed by atoms with van der Waals surface area (Å²) < 4.78 is 4.29. The average molecular weight is 312 g/mol. The van der Waals surface area contributed by atoms with Crippen molar-refractivity contribution in [2.75, 3.05) is 0 Å². The van der Waals surface area contributed by atoms with Gasteiger partial charge in [0.25, 0.3) is 0 Å². The third-order valence-electron chi connectivity index (χ3n) is 4.58. The summed E-state index contributed by atoms with van der Waals surface area (Å²) in [6, 6.07) is 26.0. The van der Waals surface area contributed by atoms with Crippen LogP contribution in [0.25, 0.3) is 33.6 Å². The van der Waals surface area contributed by atoms with E-state index in [1.54, 1.807) is 0 Å². The van der Waals surface area contributed by atoms with Gasteiger partial charge in [-0.05, 0) is 46.5 Å². The maximum atomic E-state index is 2.19. The maximum absolute atomic E-state index is 2.19. The summed E-state index contributed by atoms with van der Waals surface area (Å²) in [6.07, 6.45) is 4.15. The van der Waals surface area contributed by atoms with Crippen LogP contribution in [-0.4, -0.2) is 9.13 Å². The van der Waals surface area contributed by atoms with Crippen LogP contribution in [0.5, 0.6) is 0 Å². The summed E-state index contributed by atoms with van der Waals surface area (Å²) in [5.74, 6) is 0. The summed E-state index contributed by atoms with van der Waals surface area (Å²) in [5.41, 5.74) is 7.44. The van der Waals surface area contributed by atoms with Gasteiger partial charge in [0.05, 0.1) is 0 Å². The molecule has 0 saturated carbocycles. The number of nitrogens with zero attached hydrogens (tertiary/aromatic N) is 2. The van der Waals surface area contributed by atoms with Crippen molar-refractivity contribution >= 4 is 0 Å². The fourth-order valence-electron chi connectivity index (χ4n) is 3.19. The average Bonchev–Trinajstić information content (AvgIpc) is 3.23. The predicted octanol–water partition coefficient (Wildman–Crippen LogP) is 5.36. The molecule has 0 saturated heterocycles. The molecule has 0 aliphatic rings. The van der Waals surface area contributed by atoms with Crippen LogP contribution < -0.4 is 0 Å². The zero-order valence-corrected chi connectivity index (χ0v) is 14.0. The molecule has 4 rings (SSSR count). The van der Waals surface area contributed by atoms with Gasteiger partial charge >= 0.3 is 0 Å². The standard InChI is InChI=1S/C22H20N2/c1-23-15-3-5-21(23)19-11-7-17(8-12-19)18-9-13-20(14-10-18)22-6-4-16-24(22)2/h3-16H,1-2H3. The summed E-state index contributed by atoms with van der Waals surface area (Å²) in [5, 5.41) is 0. The summed E-state index contributed by atoms with van der Waals surface area (Å²) in [4.78, 5) is 0. The van der Waals surface area contributed by atoms with Crippen molar-refractivity contribution in [1.82, 2.24) is 9.13 Å². The van der Waals surface area contributed by atoms with E-state index < -0.39 is 0 Å². The lowest BCUT2D eigenvalue weighted by atomic mass is 10.0. The lowest BCUT2D eigenvalue weighted by Gasteiger charge is -2.08. The Labute approximate surface area is 142 Å². The Bertz CT molecular complexity index is 872. The Morgan fingerprint density at radius 3 is 1.08 bits per heavy atom. The predicted molar refractivity (Wildman–Crippen MR) is 101 cm³/mol. The zero-order valence-electron chi connectivity index (χ0n) is 14.0. The van der Waals surface area contributed by atoms with Gasteiger partial charge in [0, 0.05) is 37.9 Å². The van der Waals surface area contributed by atoms with Gasteiger partial charge in [-0.15, -0.1) is 0 Å². The number of hydrogen-bond donors (Lipinski definition) is 0. The second-order valence-corrected chi connectivity index (χ2v) is 6.16. The molecule has 4 aromatic rings. The van der Waals surface area contributed by atoms with Crippen LogP contribution in [0.1, 0.15) is 0 Å². The molecule has 0 radical (unpaired) electrons. The molecule has 2 aromatic carbocycles. The molecular formula is C22H20N2. The van der Waals surface area contributed by atoms with E-state index in [1.165, 1.54) is 33.6 Å². The third kappa shape index (κ3) is 2.56. The second-order valence-electron chi connectivity index (χ2n) is 6.16. The molecule has 2 aromatic heterocycles. The SMILES string of the molecule is Cn1cccc1-c1ccc(-c2ccc(-c3cccn3C)cc2)cc1. The van der Waals surface area contributed by atoms with E-state index in [1.807, 2.05) is 0 Å². The van der Waals surface area contributed by atoms with Crippen molar-refractivity contribution in [2.45, 2.75) is 0 Å². The first-order valence-electron chi connectivity index (χ1n) is 8.16. The van der Waals surface area contributed by atoms with Crippen LogP contribution in [0.4, 0.5) is 0 Å². The zero-order chi connectivity index (χ0) is 16.5. The summed E-state index contributed by atoms with van der Waals surface area (Å²) in [7, 11) is 4.15. The molecule has 2 nitrogen and oxygen atoms in total. The van der Waals surface area contributed by atoms with E-state index in [0.717, 1.165) is 0 Å². The van der Waals surface area contributed by atoms with Crippen LogP contribution in [0.15, 0.2) is 85.2 Å². The van der Waals surface area contributed by atoms with Crippen molar-refractivity contribution in [1.29, 1.82) is 0 Å². The van der Waals surface area contributed by atoms with E-state index in [4.69, 9.17) is 0 Å². The van der Waals surface area contributed by atoms with Gasteiger partial charge in [-0.3, -0.25) is 0 Å². The Balaban J connectivity index is 1.62. The molecule has 24 heavy (non-hydrogen) atoms. The molecule has 0 atom stereocenters. The van der Waals surface area contributed by atoms with Crippen molar-refractivity contribution in [2.24, 2.45) is 14.1 Å². The first kappa shape index (κ1) is 14.6. The largest absolute Gasteiger partial charge is 0.351 e. The van der Waals surface area contributed by atoms with Gasteiger partial charge in [0.2, 0.25) is 0 Å². The van der Waals surface area contributed by atoms with E-state index in [0.29, 0.717) is 0 Å². The smallest absolute Gasteiger partial charge is 0.0477 e. The Morgan fingerprint density at radius 1 is 0.458 bits per heavy atom. The van der Waals surface area contributed by atoms with Gasteiger partial charge in [0.15, 0.2) is 0 Å². The minimum Gasteiger partial charge on any atom is -0.351 e. The van der Waals surface area contributed by atoms with E-state index in [9.17, 15) is 0 Å². The van der Waals surface area contributed by atoms with Crippen LogP contribution in [0.3, 0.4) is 0 Å². The minimum absolute atomic E-state index is 1.24. The molecule has 0 aliphatic heterocycles. The molecule has 0 bridgehead atoms. The van der Waals surface area contributed by atoms with E-state index >= 15 is 0 Å².